The van der Waals surface area contributed by atoms with Crippen molar-refractivity contribution in [2.45, 2.75) is 255 Å². The lowest BCUT2D eigenvalue weighted by molar-refractivity contribution is -0.220. The lowest BCUT2D eigenvalue weighted by atomic mass is 9.85. The molecule has 13 nitrogen and oxygen atoms in total. The minimum absolute atomic E-state index is 0.226. The maximum Gasteiger partial charge on any atom is 0.472 e. The molecule has 1 aliphatic rings. The molecule has 1 fully saturated rings. The summed E-state index contributed by atoms with van der Waals surface area (Å²) in [6.45, 7) is 3.72. The molecule has 9 N–H and O–H groups in total. The van der Waals surface area contributed by atoms with Gasteiger partial charge in [-0.25, -0.2) is 4.57 Å². The van der Waals surface area contributed by atoms with Gasteiger partial charge in [-0.1, -0.05) is 167 Å². The summed E-state index contributed by atoms with van der Waals surface area (Å²) in [5, 5.41) is 74.3. The second kappa shape index (κ2) is 34.6. The van der Waals surface area contributed by atoms with E-state index in [0.717, 1.165) is 83.5 Å². The lowest BCUT2D eigenvalue weighted by Crippen LogP contribution is -2.64. The third-order valence-corrected chi connectivity index (χ3v) is 12.4. The van der Waals surface area contributed by atoms with Crippen LogP contribution in [0.3, 0.4) is 0 Å². The van der Waals surface area contributed by atoms with Crippen LogP contribution >= 0.6 is 7.82 Å². The van der Waals surface area contributed by atoms with E-state index in [9.17, 15) is 50.0 Å². The molecule has 1 amide bonds. The van der Waals surface area contributed by atoms with Gasteiger partial charge in [0.2, 0.25) is 5.91 Å². The summed E-state index contributed by atoms with van der Waals surface area (Å²) in [5.41, 5.74) is 0. The molecule has 8 unspecified atom stereocenters. The molecule has 1 rings (SSSR count). The molecule has 14 heteroatoms. The first-order valence-corrected chi connectivity index (χ1v) is 24.7. The van der Waals surface area contributed by atoms with Crippen LogP contribution in [-0.2, 0) is 18.4 Å². The van der Waals surface area contributed by atoms with Crippen molar-refractivity contribution in [3.05, 3.63) is 12.2 Å². The molecule has 0 radical (unpaired) electrons. The van der Waals surface area contributed by atoms with E-state index < -0.39 is 75.2 Å². The van der Waals surface area contributed by atoms with E-state index in [0.29, 0.717) is 12.8 Å². The van der Waals surface area contributed by atoms with E-state index in [2.05, 4.69) is 31.3 Å². The highest BCUT2D eigenvalue weighted by molar-refractivity contribution is 7.47. The predicted molar refractivity (Wildman–Crippen MR) is 229 cm³/mol. The molecule has 0 aromatic heterocycles. The van der Waals surface area contributed by atoms with Gasteiger partial charge < -0.3 is 46.0 Å². The van der Waals surface area contributed by atoms with Crippen LogP contribution in [0.2, 0.25) is 0 Å². The Hall–Kier alpha value is -0.960. The van der Waals surface area contributed by atoms with Gasteiger partial charge in [-0.2, -0.15) is 0 Å². The summed E-state index contributed by atoms with van der Waals surface area (Å²) in [4.78, 5) is 23.3. The summed E-state index contributed by atoms with van der Waals surface area (Å²) in [6, 6.07) is -1.15. The quantitative estimate of drug-likeness (QED) is 0.0168. The van der Waals surface area contributed by atoms with E-state index >= 15 is 0 Å². The molecule has 0 saturated heterocycles. The number of rotatable bonds is 38. The van der Waals surface area contributed by atoms with Gasteiger partial charge in [0, 0.05) is 0 Å². The molecule has 0 heterocycles. The summed E-state index contributed by atoms with van der Waals surface area (Å²) in [6.07, 6.45) is 21.7. The van der Waals surface area contributed by atoms with Crippen molar-refractivity contribution in [1.82, 2.24) is 5.32 Å². The Morgan fingerprint density at radius 2 is 0.966 bits per heavy atom. The lowest BCUT2D eigenvalue weighted by Gasteiger charge is -2.41. The van der Waals surface area contributed by atoms with Gasteiger partial charge in [0.25, 0.3) is 0 Å². The second-order valence-corrected chi connectivity index (χ2v) is 18.2. The van der Waals surface area contributed by atoms with Gasteiger partial charge in [-0.3, -0.25) is 13.8 Å². The van der Waals surface area contributed by atoms with E-state index in [1.165, 1.54) is 77.0 Å². The molecular formula is C44H86NO12P. The fourth-order valence-electron chi connectivity index (χ4n) is 7.53. The van der Waals surface area contributed by atoms with Crippen LogP contribution in [0.4, 0.5) is 0 Å². The van der Waals surface area contributed by atoms with Crippen LogP contribution in [0, 0.1) is 0 Å². The second-order valence-electron chi connectivity index (χ2n) is 16.8. The predicted octanol–water partition coefficient (Wildman–Crippen LogP) is 7.42. The van der Waals surface area contributed by atoms with Crippen LogP contribution in [-0.4, -0.2) is 108 Å². The van der Waals surface area contributed by atoms with Gasteiger partial charge in [0.05, 0.1) is 31.3 Å². The van der Waals surface area contributed by atoms with Crippen LogP contribution in [0.1, 0.15) is 200 Å². The number of hydrogen-bond donors (Lipinski definition) is 9. The monoisotopic (exact) mass is 852 g/mol. The molecule has 1 saturated carbocycles. The summed E-state index contributed by atoms with van der Waals surface area (Å²) < 4.78 is 22.8. The number of hydrogen-bond acceptors (Lipinski definition) is 11. The van der Waals surface area contributed by atoms with Crippen LogP contribution in [0.25, 0.3) is 0 Å². The Labute approximate surface area is 351 Å². The number of unbranched alkanes of at least 4 members (excludes halogenated alkanes) is 23. The first-order valence-electron chi connectivity index (χ1n) is 23.2. The van der Waals surface area contributed by atoms with Crippen molar-refractivity contribution in [3.63, 3.8) is 0 Å². The van der Waals surface area contributed by atoms with Crippen LogP contribution in [0.15, 0.2) is 12.2 Å². The van der Waals surface area contributed by atoms with Gasteiger partial charge in [-0.05, 0) is 38.5 Å². The van der Waals surface area contributed by atoms with Crippen LogP contribution < -0.4 is 5.32 Å². The zero-order chi connectivity index (χ0) is 43.0. The van der Waals surface area contributed by atoms with Crippen molar-refractivity contribution in [3.8, 4) is 0 Å². The molecule has 0 aromatic carbocycles. The van der Waals surface area contributed by atoms with Gasteiger partial charge in [0.1, 0.15) is 36.6 Å². The first kappa shape index (κ1) is 55.1. The largest absolute Gasteiger partial charge is 0.472 e. The zero-order valence-electron chi connectivity index (χ0n) is 36.2. The number of amides is 1. The number of phosphoric ester groups is 1. The summed E-state index contributed by atoms with van der Waals surface area (Å²) in [5.74, 6) is -0.568. The number of allylic oxidation sites excluding steroid dienone is 2. The molecule has 0 aliphatic heterocycles. The Kier molecular flexibility index (Phi) is 32.9. The average Bonchev–Trinajstić information content (AvgIpc) is 3.19. The van der Waals surface area contributed by atoms with Crippen molar-refractivity contribution in [2.24, 2.45) is 0 Å². The highest BCUT2D eigenvalue weighted by Crippen LogP contribution is 2.47. The Morgan fingerprint density at radius 3 is 1.41 bits per heavy atom. The van der Waals surface area contributed by atoms with Crippen molar-refractivity contribution < 1.29 is 59.0 Å². The maximum absolute atomic E-state index is 12.9. The van der Waals surface area contributed by atoms with E-state index in [1.54, 1.807) is 0 Å². The average molecular weight is 852 g/mol. The van der Waals surface area contributed by atoms with Crippen molar-refractivity contribution in [2.75, 3.05) is 6.61 Å². The first-order chi connectivity index (χ1) is 27.8. The minimum Gasteiger partial charge on any atom is -0.393 e. The molecular weight excluding hydrogens is 765 g/mol. The standard InChI is InChI=1S/C44H86NO12P/c1-3-5-7-9-11-12-13-14-15-16-17-18-19-20-21-22-23-24-26-27-29-31-35(46)33-38(48)45-36(37(47)32-30-28-25-10-8-6-4-2)34-56-58(54,55)57-44-42(52)40(50)39(49)41(51)43(44)53/h20-21,35-37,39-44,46-47,49-53H,3-19,22-34H2,1-2H3,(H,45,48)(H,54,55)/b21-20-. The Morgan fingerprint density at radius 1 is 0.586 bits per heavy atom. The fourth-order valence-corrected chi connectivity index (χ4v) is 8.50. The number of carbonyl (C=O) groups excluding carboxylic acids is 1. The number of phosphoric acid groups is 1. The number of carbonyl (C=O) groups is 1. The third-order valence-electron chi connectivity index (χ3n) is 11.4. The zero-order valence-corrected chi connectivity index (χ0v) is 37.1. The Bertz CT molecular complexity index is 1050. The van der Waals surface area contributed by atoms with Gasteiger partial charge in [-0.15, -0.1) is 0 Å². The fraction of sp³-hybridized carbons (Fsp3) is 0.932. The summed E-state index contributed by atoms with van der Waals surface area (Å²) in [7, 11) is -5.11. The highest BCUT2D eigenvalue weighted by atomic mass is 31.2. The molecule has 1 aliphatic carbocycles. The minimum atomic E-state index is -5.11. The van der Waals surface area contributed by atoms with Crippen molar-refractivity contribution in [1.29, 1.82) is 0 Å². The number of aliphatic hydroxyl groups is 7. The number of aliphatic hydroxyl groups excluding tert-OH is 7. The molecule has 0 aromatic rings. The molecule has 8 atom stereocenters. The summed E-state index contributed by atoms with van der Waals surface area (Å²) >= 11 is 0. The normalized spacial score (nSPS) is 23.8. The molecule has 0 spiro atoms. The maximum atomic E-state index is 12.9. The topological polar surface area (TPSA) is 226 Å². The SMILES string of the molecule is CCCCCCCCCCCCCC/C=C\CCCCCCCC(O)CC(=O)NC(COP(=O)(O)OC1C(O)C(O)C(O)C(O)C1O)C(O)CCCCCCCCC. The van der Waals surface area contributed by atoms with Gasteiger partial charge >= 0.3 is 7.82 Å². The Balaban J connectivity index is 2.37. The van der Waals surface area contributed by atoms with Crippen LogP contribution in [0.5, 0.6) is 0 Å². The third kappa shape index (κ3) is 26.4. The van der Waals surface area contributed by atoms with Gasteiger partial charge in [0.15, 0.2) is 0 Å². The number of nitrogens with one attached hydrogen (secondary N) is 1. The molecule has 58 heavy (non-hydrogen) atoms. The molecule has 344 valence electrons. The smallest absolute Gasteiger partial charge is 0.393 e. The van der Waals surface area contributed by atoms with E-state index in [1.807, 2.05) is 0 Å². The highest BCUT2D eigenvalue weighted by Gasteiger charge is 2.51. The van der Waals surface area contributed by atoms with Crippen molar-refractivity contribution >= 4 is 13.7 Å². The van der Waals surface area contributed by atoms with E-state index in [4.69, 9.17) is 9.05 Å². The van der Waals surface area contributed by atoms with E-state index in [-0.39, 0.29) is 12.8 Å². The molecule has 0 bridgehead atoms.